The van der Waals surface area contributed by atoms with Crippen LogP contribution in [-0.4, -0.2) is 15.9 Å². The number of benzene rings is 3. The van der Waals surface area contributed by atoms with Crippen molar-refractivity contribution in [1.82, 2.24) is 4.98 Å². The maximum atomic E-state index is 11.8. The number of nitrogens with zero attached hydrogens (tertiary/aromatic N) is 1. The van der Waals surface area contributed by atoms with Gasteiger partial charge in [0.2, 0.25) is 0 Å². The number of pyridine rings is 1. The van der Waals surface area contributed by atoms with E-state index in [1.807, 2.05) is 54.7 Å². The molecule has 165 valence electrons. The number of aromatic nitrogens is 1. The first-order valence-electron chi connectivity index (χ1n) is 10.1. The number of rotatable bonds is 4. The Balaban J connectivity index is 0.000000181. The summed E-state index contributed by atoms with van der Waals surface area (Å²) in [6.45, 7) is 0. The third kappa shape index (κ3) is 6.56. The number of carbonyl (C=O) groups excluding carboxylic acids is 1. The van der Waals surface area contributed by atoms with Gasteiger partial charge < -0.3 is 10.1 Å². The first-order valence-corrected chi connectivity index (χ1v) is 10.9. The summed E-state index contributed by atoms with van der Waals surface area (Å²) >= 11 is 1.73. The van der Waals surface area contributed by atoms with Gasteiger partial charge in [-0.1, -0.05) is 84.9 Å². The SMILES string of the molecule is O=C(/C=C(\O)c1ccccc1)c1ccccc1.[Ir].[c-]1c(-c2ccccn2)sc2ccccc12. The van der Waals surface area contributed by atoms with E-state index in [1.165, 1.54) is 16.2 Å². The predicted molar refractivity (Wildman–Crippen MR) is 132 cm³/mol. The van der Waals surface area contributed by atoms with Gasteiger partial charge in [0.1, 0.15) is 5.76 Å². The third-order valence-corrected chi connectivity index (χ3v) is 5.73. The molecule has 0 aliphatic carbocycles. The first-order chi connectivity index (χ1) is 15.7. The molecule has 0 bridgehead atoms. The van der Waals surface area contributed by atoms with Crippen LogP contribution in [0.4, 0.5) is 0 Å². The van der Waals surface area contributed by atoms with Crippen LogP contribution in [0, 0.1) is 6.07 Å². The topological polar surface area (TPSA) is 50.2 Å². The molecule has 0 amide bonds. The maximum absolute atomic E-state index is 11.8. The summed E-state index contributed by atoms with van der Waals surface area (Å²) in [6, 6.07) is 35.4. The molecule has 0 aliphatic rings. The third-order valence-electron chi connectivity index (χ3n) is 4.64. The Hall–Kier alpha value is -3.37. The Kier molecular flexibility index (Phi) is 8.85. The van der Waals surface area contributed by atoms with Gasteiger partial charge in [0.25, 0.3) is 0 Å². The zero-order valence-corrected chi connectivity index (χ0v) is 20.7. The number of ketones is 1. The summed E-state index contributed by atoms with van der Waals surface area (Å²) in [5.74, 6) is -0.216. The van der Waals surface area contributed by atoms with Gasteiger partial charge in [0.05, 0.1) is 0 Å². The minimum atomic E-state index is -0.202. The minimum Gasteiger partial charge on any atom is -0.507 e. The van der Waals surface area contributed by atoms with E-state index in [0.29, 0.717) is 11.1 Å². The van der Waals surface area contributed by atoms with Crippen LogP contribution in [0.1, 0.15) is 15.9 Å². The second-order valence-electron chi connectivity index (χ2n) is 6.89. The molecule has 0 aliphatic heterocycles. The molecule has 3 nitrogen and oxygen atoms in total. The fourth-order valence-corrected chi connectivity index (χ4v) is 4.01. The van der Waals surface area contributed by atoms with E-state index in [4.69, 9.17) is 0 Å². The van der Waals surface area contributed by atoms with E-state index in [2.05, 4.69) is 29.2 Å². The molecule has 33 heavy (non-hydrogen) atoms. The Bertz CT molecular complexity index is 1300. The average molecular weight is 627 g/mol. The van der Waals surface area contributed by atoms with Crippen LogP contribution in [0.15, 0.2) is 115 Å². The number of hydrogen-bond donors (Lipinski definition) is 1. The van der Waals surface area contributed by atoms with Crippen LogP contribution in [-0.2, 0) is 20.1 Å². The van der Waals surface area contributed by atoms with Gasteiger partial charge in [-0.15, -0.1) is 23.6 Å². The molecular weight excluding hydrogens is 607 g/mol. The van der Waals surface area contributed by atoms with E-state index < -0.39 is 0 Å². The quantitative estimate of drug-likeness (QED) is 0.0992. The van der Waals surface area contributed by atoms with Crippen LogP contribution < -0.4 is 0 Å². The molecule has 5 rings (SSSR count). The van der Waals surface area contributed by atoms with Gasteiger partial charge in [-0.3, -0.25) is 4.79 Å². The number of fused-ring (bicyclic) bond motifs is 1. The standard InChI is InChI=1S/C15H12O2.C13H8NS.Ir/c16-14(12-7-3-1-4-8-12)11-15(17)13-9-5-2-6-10-13;1-2-7-12-10(5-1)9-13(15-12)11-6-3-4-8-14-11;/h1-11,16H;1-8H;/q;-1;/b14-11-;;. The first kappa shape index (κ1) is 24.3. The Morgan fingerprint density at radius 1 is 0.788 bits per heavy atom. The van der Waals surface area contributed by atoms with Gasteiger partial charge in [-0.05, 0) is 15.6 Å². The zero-order valence-electron chi connectivity index (χ0n) is 17.5. The maximum Gasteiger partial charge on any atom is 0.189 e. The van der Waals surface area contributed by atoms with Gasteiger partial charge in [0, 0.05) is 49.2 Å². The number of allylic oxidation sites excluding steroid dienone is 1. The van der Waals surface area contributed by atoms with Crippen molar-refractivity contribution >= 4 is 33.0 Å². The van der Waals surface area contributed by atoms with Crippen molar-refractivity contribution in [3.8, 4) is 10.6 Å². The largest absolute Gasteiger partial charge is 0.507 e. The van der Waals surface area contributed by atoms with Gasteiger partial charge in [-0.25, -0.2) is 11.3 Å². The number of carbonyl (C=O) groups is 1. The molecule has 0 spiro atoms. The summed E-state index contributed by atoms with van der Waals surface area (Å²) in [4.78, 5) is 17.2. The van der Waals surface area contributed by atoms with Gasteiger partial charge in [-0.2, -0.15) is 0 Å². The molecule has 0 saturated carbocycles. The van der Waals surface area contributed by atoms with E-state index >= 15 is 0 Å². The van der Waals surface area contributed by atoms with Crippen LogP contribution in [0.5, 0.6) is 0 Å². The normalized spacial score (nSPS) is 10.6. The zero-order chi connectivity index (χ0) is 22.2. The minimum absolute atomic E-state index is 0. The summed E-state index contributed by atoms with van der Waals surface area (Å²) in [5, 5.41) is 11.0. The summed E-state index contributed by atoms with van der Waals surface area (Å²) < 4.78 is 1.26. The molecule has 5 aromatic rings. The molecule has 0 unspecified atom stereocenters. The van der Waals surface area contributed by atoms with E-state index in [-0.39, 0.29) is 31.6 Å². The van der Waals surface area contributed by atoms with Crippen molar-refractivity contribution in [3.63, 3.8) is 0 Å². The molecule has 2 aromatic heterocycles. The van der Waals surface area contributed by atoms with E-state index in [0.717, 1.165) is 10.6 Å². The van der Waals surface area contributed by atoms with Crippen molar-refractivity contribution in [2.45, 2.75) is 0 Å². The number of aliphatic hydroxyl groups is 1. The molecule has 2 heterocycles. The van der Waals surface area contributed by atoms with Crippen LogP contribution in [0.2, 0.25) is 0 Å². The van der Waals surface area contributed by atoms with Gasteiger partial charge >= 0.3 is 0 Å². The van der Waals surface area contributed by atoms with Crippen molar-refractivity contribution in [1.29, 1.82) is 0 Å². The summed E-state index contributed by atoms with van der Waals surface area (Å²) in [5.41, 5.74) is 2.20. The molecular formula is C28H20IrNO2S-. The second kappa shape index (κ2) is 12.0. The smallest absolute Gasteiger partial charge is 0.189 e. The molecule has 0 fully saturated rings. The van der Waals surface area contributed by atoms with E-state index in [9.17, 15) is 9.90 Å². The van der Waals surface area contributed by atoms with Crippen LogP contribution >= 0.6 is 11.3 Å². The molecule has 1 N–H and O–H groups in total. The fraction of sp³-hybridized carbons (Fsp3) is 0. The van der Waals surface area contributed by atoms with Crippen molar-refractivity contribution in [2.24, 2.45) is 0 Å². The summed E-state index contributed by atoms with van der Waals surface area (Å²) in [6.07, 6.45) is 3.05. The molecule has 5 heteroatoms. The molecule has 1 radical (unpaired) electrons. The number of thiophene rings is 1. The second-order valence-corrected chi connectivity index (χ2v) is 7.95. The number of hydrogen-bond acceptors (Lipinski definition) is 4. The van der Waals surface area contributed by atoms with E-state index in [1.54, 1.807) is 47.7 Å². The van der Waals surface area contributed by atoms with Crippen molar-refractivity contribution in [3.05, 3.63) is 133 Å². The monoisotopic (exact) mass is 627 g/mol. The molecule has 3 aromatic carbocycles. The van der Waals surface area contributed by atoms with Crippen molar-refractivity contribution < 1.29 is 30.0 Å². The van der Waals surface area contributed by atoms with Gasteiger partial charge in [0.15, 0.2) is 5.78 Å². The number of aliphatic hydroxyl groups excluding tert-OH is 1. The fourth-order valence-electron chi connectivity index (χ4n) is 3.03. The van der Waals surface area contributed by atoms with Crippen molar-refractivity contribution in [2.75, 3.05) is 0 Å². The van der Waals surface area contributed by atoms with Crippen LogP contribution in [0.3, 0.4) is 0 Å². The van der Waals surface area contributed by atoms with Crippen LogP contribution in [0.25, 0.3) is 26.4 Å². The molecule has 0 saturated heterocycles. The predicted octanol–water partition coefficient (Wildman–Crippen LogP) is 7.23. The average Bonchev–Trinajstić information content (AvgIpc) is 3.30. The Labute approximate surface area is 210 Å². The molecule has 0 atom stereocenters. The summed E-state index contributed by atoms with van der Waals surface area (Å²) in [7, 11) is 0. The Morgan fingerprint density at radius 2 is 1.39 bits per heavy atom. The Morgan fingerprint density at radius 3 is 2.03 bits per heavy atom.